The molecule has 148 valence electrons. The molecule has 2 rings (SSSR count). The number of carbonyl (C=O) groups is 3. The Kier molecular flexibility index (Phi) is 8.10. The SMILES string of the molecule is CCCCOC(=O)N1CCC[C@H]1C(=O)N[C@H](CCc1ccccc1)C(=O)O. The summed E-state index contributed by atoms with van der Waals surface area (Å²) in [6, 6.07) is 7.87. The van der Waals surface area contributed by atoms with Gasteiger partial charge in [0.15, 0.2) is 0 Å². The molecule has 2 amide bonds. The summed E-state index contributed by atoms with van der Waals surface area (Å²) in [4.78, 5) is 37.7. The van der Waals surface area contributed by atoms with Crippen LogP contribution < -0.4 is 5.32 Å². The van der Waals surface area contributed by atoms with Gasteiger partial charge in [0, 0.05) is 6.54 Å². The minimum Gasteiger partial charge on any atom is -0.480 e. The van der Waals surface area contributed by atoms with Gasteiger partial charge in [-0.25, -0.2) is 9.59 Å². The monoisotopic (exact) mass is 376 g/mol. The summed E-state index contributed by atoms with van der Waals surface area (Å²) >= 11 is 0. The quantitative estimate of drug-likeness (QED) is 0.646. The van der Waals surface area contributed by atoms with Gasteiger partial charge in [-0.1, -0.05) is 43.7 Å². The molecule has 0 bridgehead atoms. The van der Waals surface area contributed by atoms with Crippen molar-refractivity contribution in [3.63, 3.8) is 0 Å². The van der Waals surface area contributed by atoms with E-state index in [1.54, 1.807) is 0 Å². The number of carboxylic acids is 1. The lowest BCUT2D eigenvalue weighted by atomic mass is 10.0. The summed E-state index contributed by atoms with van der Waals surface area (Å²) in [6.45, 7) is 2.78. The first kappa shape index (κ1) is 20.7. The van der Waals surface area contributed by atoms with Gasteiger partial charge in [-0.05, 0) is 37.7 Å². The predicted molar refractivity (Wildman–Crippen MR) is 100 cm³/mol. The lowest BCUT2D eigenvalue weighted by Crippen LogP contribution is -2.51. The number of likely N-dealkylation sites (tertiary alicyclic amines) is 1. The zero-order chi connectivity index (χ0) is 19.6. The Hall–Kier alpha value is -2.57. The molecule has 1 saturated heterocycles. The van der Waals surface area contributed by atoms with E-state index in [2.05, 4.69) is 5.32 Å². The van der Waals surface area contributed by atoms with Gasteiger partial charge in [0.05, 0.1) is 6.61 Å². The highest BCUT2D eigenvalue weighted by Gasteiger charge is 2.36. The minimum absolute atomic E-state index is 0.290. The predicted octanol–water partition coefficient (Wildman–Crippen LogP) is 2.59. The topological polar surface area (TPSA) is 95.9 Å². The molecule has 0 radical (unpaired) electrons. The Morgan fingerprint density at radius 2 is 2.04 bits per heavy atom. The molecule has 0 aromatic heterocycles. The zero-order valence-electron chi connectivity index (χ0n) is 15.7. The van der Waals surface area contributed by atoms with Gasteiger partial charge in [0.2, 0.25) is 5.91 Å². The molecule has 1 aliphatic rings. The van der Waals surface area contributed by atoms with E-state index in [0.717, 1.165) is 18.4 Å². The van der Waals surface area contributed by atoms with Crippen LogP contribution in [-0.4, -0.2) is 53.2 Å². The number of amides is 2. The van der Waals surface area contributed by atoms with Crippen LogP contribution in [0.4, 0.5) is 4.79 Å². The summed E-state index contributed by atoms with van der Waals surface area (Å²) < 4.78 is 5.20. The van der Waals surface area contributed by atoms with Gasteiger partial charge in [-0.15, -0.1) is 0 Å². The summed E-state index contributed by atoms with van der Waals surface area (Å²) in [5.74, 6) is -1.50. The largest absolute Gasteiger partial charge is 0.480 e. The van der Waals surface area contributed by atoms with Crippen LogP contribution in [-0.2, 0) is 20.7 Å². The van der Waals surface area contributed by atoms with E-state index in [4.69, 9.17) is 4.74 Å². The van der Waals surface area contributed by atoms with Crippen LogP contribution in [0, 0.1) is 0 Å². The summed E-state index contributed by atoms with van der Waals surface area (Å²) in [5.41, 5.74) is 1.01. The van der Waals surface area contributed by atoms with Gasteiger partial charge in [-0.3, -0.25) is 9.69 Å². The fraction of sp³-hybridized carbons (Fsp3) is 0.550. The van der Waals surface area contributed by atoms with Crippen LogP contribution in [0.2, 0.25) is 0 Å². The Labute approximate surface area is 159 Å². The molecule has 1 aromatic carbocycles. The fourth-order valence-electron chi connectivity index (χ4n) is 3.13. The van der Waals surface area contributed by atoms with E-state index in [0.29, 0.717) is 38.8 Å². The van der Waals surface area contributed by atoms with Crippen LogP contribution >= 0.6 is 0 Å². The number of rotatable bonds is 9. The fourth-order valence-corrected chi connectivity index (χ4v) is 3.13. The molecule has 0 aliphatic carbocycles. The van der Waals surface area contributed by atoms with E-state index < -0.39 is 30.1 Å². The van der Waals surface area contributed by atoms with E-state index >= 15 is 0 Å². The van der Waals surface area contributed by atoms with Gasteiger partial charge in [0.1, 0.15) is 12.1 Å². The third-order valence-electron chi connectivity index (χ3n) is 4.69. The van der Waals surface area contributed by atoms with Gasteiger partial charge >= 0.3 is 12.1 Å². The minimum atomic E-state index is -1.07. The van der Waals surface area contributed by atoms with Crippen molar-refractivity contribution in [1.29, 1.82) is 0 Å². The standard InChI is InChI=1S/C20H28N2O5/c1-2-3-14-27-20(26)22-13-7-10-17(22)18(23)21-16(19(24)25)12-11-15-8-5-4-6-9-15/h4-6,8-9,16-17H,2-3,7,10-14H2,1H3,(H,21,23)(H,24,25)/t16-,17+/m1/s1. The number of hydrogen-bond acceptors (Lipinski definition) is 4. The summed E-state index contributed by atoms with van der Waals surface area (Å²) in [7, 11) is 0. The van der Waals surface area contributed by atoms with Crippen molar-refractivity contribution in [2.24, 2.45) is 0 Å². The molecule has 2 N–H and O–H groups in total. The Bertz CT molecular complexity index is 635. The molecular weight excluding hydrogens is 348 g/mol. The lowest BCUT2D eigenvalue weighted by Gasteiger charge is -2.25. The van der Waals surface area contributed by atoms with Crippen LogP contribution in [0.25, 0.3) is 0 Å². The van der Waals surface area contributed by atoms with Gasteiger partial charge in [-0.2, -0.15) is 0 Å². The van der Waals surface area contributed by atoms with E-state index in [-0.39, 0.29) is 0 Å². The maximum atomic E-state index is 12.6. The van der Waals surface area contributed by atoms with Crippen molar-refractivity contribution in [2.75, 3.05) is 13.2 Å². The van der Waals surface area contributed by atoms with Crippen molar-refractivity contribution in [2.45, 2.75) is 57.5 Å². The number of carboxylic acid groups (broad SMARTS) is 1. The average molecular weight is 376 g/mol. The normalized spacial score (nSPS) is 17.4. The molecule has 1 fully saturated rings. The maximum absolute atomic E-state index is 12.6. The highest BCUT2D eigenvalue weighted by Crippen LogP contribution is 2.19. The van der Waals surface area contributed by atoms with Crippen LogP contribution in [0.3, 0.4) is 0 Å². The number of nitrogens with zero attached hydrogens (tertiary/aromatic N) is 1. The Morgan fingerprint density at radius 1 is 1.30 bits per heavy atom. The zero-order valence-corrected chi connectivity index (χ0v) is 15.7. The second kappa shape index (κ2) is 10.5. The van der Waals surface area contributed by atoms with Crippen molar-refractivity contribution in [3.8, 4) is 0 Å². The van der Waals surface area contributed by atoms with E-state index in [1.807, 2.05) is 37.3 Å². The molecule has 0 saturated carbocycles. The highest BCUT2D eigenvalue weighted by atomic mass is 16.6. The van der Waals surface area contributed by atoms with Crippen molar-refractivity contribution >= 4 is 18.0 Å². The summed E-state index contributed by atoms with van der Waals surface area (Å²) in [5, 5.41) is 12.0. The number of unbranched alkanes of at least 4 members (excludes halogenated alkanes) is 1. The number of aryl methyl sites for hydroxylation is 1. The number of hydrogen-bond donors (Lipinski definition) is 2. The third kappa shape index (κ3) is 6.27. The number of benzene rings is 1. The molecule has 7 heteroatoms. The first-order valence-corrected chi connectivity index (χ1v) is 9.53. The van der Waals surface area contributed by atoms with Gasteiger partial charge < -0.3 is 15.2 Å². The highest BCUT2D eigenvalue weighted by molar-refractivity contribution is 5.89. The Morgan fingerprint density at radius 3 is 2.70 bits per heavy atom. The van der Waals surface area contributed by atoms with Crippen molar-refractivity contribution in [3.05, 3.63) is 35.9 Å². The number of carbonyl (C=O) groups excluding carboxylic acids is 2. The van der Waals surface area contributed by atoms with Crippen molar-refractivity contribution in [1.82, 2.24) is 10.2 Å². The maximum Gasteiger partial charge on any atom is 0.410 e. The first-order chi connectivity index (χ1) is 13.0. The molecule has 1 aliphatic heterocycles. The molecular formula is C20H28N2O5. The molecule has 27 heavy (non-hydrogen) atoms. The molecule has 0 spiro atoms. The molecule has 7 nitrogen and oxygen atoms in total. The van der Waals surface area contributed by atoms with Gasteiger partial charge in [0.25, 0.3) is 0 Å². The van der Waals surface area contributed by atoms with Crippen LogP contribution in [0.5, 0.6) is 0 Å². The summed E-state index contributed by atoms with van der Waals surface area (Å²) in [6.07, 6.45) is 3.24. The van der Waals surface area contributed by atoms with E-state index in [1.165, 1.54) is 4.90 Å². The number of aliphatic carboxylic acids is 1. The lowest BCUT2D eigenvalue weighted by molar-refractivity contribution is -0.142. The van der Waals surface area contributed by atoms with Crippen LogP contribution in [0.1, 0.15) is 44.6 Å². The number of ether oxygens (including phenoxy) is 1. The average Bonchev–Trinajstić information content (AvgIpc) is 3.15. The molecule has 0 unspecified atom stereocenters. The van der Waals surface area contributed by atoms with Crippen LogP contribution in [0.15, 0.2) is 30.3 Å². The number of nitrogens with one attached hydrogen (secondary N) is 1. The second-order valence-electron chi connectivity index (χ2n) is 6.74. The van der Waals surface area contributed by atoms with E-state index in [9.17, 15) is 19.5 Å². The molecule has 1 heterocycles. The Balaban J connectivity index is 1.91. The molecule has 2 atom stereocenters. The molecule has 1 aromatic rings. The third-order valence-corrected chi connectivity index (χ3v) is 4.69. The first-order valence-electron chi connectivity index (χ1n) is 9.53. The second-order valence-corrected chi connectivity index (χ2v) is 6.74. The van der Waals surface area contributed by atoms with Crippen molar-refractivity contribution < 1.29 is 24.2 Å². The smallest absolute Gasteiger partial charge is 0.410 e.